The van der Waals surface area contributed by atoms with Crippen LogP contribution in [0.3, 0.4) is 0 Å². The highest BCUT2D eigenvalue weighted by Crippen LogP contribution is 2.43. The molecule has 7 aromatic heterocycles. The van der Waals surface area contributed by atoms with Crippen LogP contribution in [0.5, 0.6) is 0 Å². The smallest absolute Gasteiger partial charge is 0.241 e. The Labute approximate surface area is 442 Å². The van der Waals surface area contributed by atoms with Crippen LogP contribution in [0.15, 0.2) is 245 Å². The van der Waals surface area contributed by atoms with E-state index < -0.39 is 0 Å². The molecular formula is C69H39N7O2. The lowest BCUT2D eigenvalue weighted by Crippen LogP contribution is -2.13. The molecule has 7 heterocycles. The van der Waals surface area contributed by atoms with Crippen LogP contribution >= 0.6 is 0 Å². The molecular weight excluding hydrogens is 959 g/mol. The Morgan fingerprint density at radius 2 is 0.551 bits per heavy atom. The standard InChI is InChI=1S/C69H39N7O2/c1-2-16-42(17-3-1)73-55-24-10-4-18-43(55)49-34-40(30-32-59(49)73)41-31-33-60-50(35-41)44-19-5-11-25-56(44)74(60)67-70-68(75-57-26-12-6-20-45(57)51-36-53-47-22-8-14-28-63(47)77-65(53)38-61(51)75)72-69(71-67)76-58-27-13-7-21-46(58)52-37-54-48-23-9-15-29-64(48)78-66(54)39-62(52)76/h1-39H. The topological polar surface area (TPSA) is 84.7 Å². The summed E-state index contributed by atoms with van der Waals surface area (Å²) in [5.41, 5.74) is 14.7. The predicted molar refractivity (Wildman–Crippen MR) is 317 cm³/mol. The highest BCUT2D eigenvalue weighted by Gasteiger charge is 2.25. The van der Waals surface area contributed by atoms with Gasteiger partial charge in [-0.25, -0.2) is 0 Å². The van der Waals surface area contributed by atoms with E-state index in [-0.39, 0.29) is 0 Å². The molecule has 9 nitrogen and oxygen atoms in total. The van der Waals surface area contributed by atoms with Gasteiger partial charge < -0.3 is 13.4 Å². The first-order valence-corrected chi connectivity index (χ1v) is 26.3. The molecule has 0 saturated heterocycles. The first kappa shape index (κ1) is 41.6. The lowest BCUT2D eigenvalue weighted by Gasteiger charge is -2.14. The second-order valence-electron chi connectivity index (χ2n) is 20.4. The minimum atomic E-state index is 0.470. The minimum Gasteiger partial charge on any atom is -0.456 e. The quantitative estimate of drug-likeness (QED) is 0.171. The Kier molecular flexibility index (Phi) is 8.21. The van der Waals surface area contributed by atoms with E-state index in [0.29, 0.717) is 17.8 Å². The molecule has 0 fully saturated rings. The van der Waals surface area contributed by atoms with Gasteiger partial charge in [-0.05, 0) is 96.1 Å². The number of furan rings is 2. The highest BCUT2D eigenvalue weighted by atomic mass is 16.3. The maximum atomic E-state index is 6.58. The average molecular weight is 998 g/mol. The third-order valence-electron chi connectivity index (χ3n) is 16.2. The van der Waals surface area contributed by atoms with Gasteiger partial charge in [0.05, 0.1) is 44.1 Å². The Morgan fingerprint density at radius 3 is 1.00 bits per heavy atom. The molecule has 0 radical (unpaired) electrons. The Bertz CT molecular complexity index is 5390. The highest BCUT2D eigenvalue weighted by molar-refractivity contribution is 6.19. The van der Waals surface area contributed by atoms with Crippen LogP contribution in [0.2, 0.25) is 0 Å². The van der Waals surface area contributed by atoms with E-state index in [1.807, 2.05) is 24.3 Å². The van der Waals surface area contributed by atoms with Crippen molar-refractivity contribution in [2.45, 2.75) is 0 Å². The molecule has 0 unspecified atom stereocenters. The molecule has 11 aromatic carbocycles. The lowest BCUT2D eigenvalue weighted by molar-refractivity contribution is 0.669. The number of para-hydroxylation sites is 7. The molecule has 0 N–H and O–H groups in total. The molecule has 0 amide bonds. The van der Waals surface area contributed by atoms with Crippen LogP contribution < -0.4 is 0 Å². The van der Waals surface area contributed by atoms with Gasteiger partial charge in [0.15, 0.2) is 0 Å². The van der Waals surface area contributed by atoms with E-state index in [1.165, 1.54) is 21.8 Å². The first-order chi connectivity index (χ1) is 38.7. The molecule has 0 aliphatic rings. The van der Waals surface area contributed by atoms with Crippen molar-refractivity contribution >= 4 is 131 Å². The molecule has 0 aliphatic carbocycles. The fourth-order valence-electron chi connectivity index (χ4n) is 12.8. The van der Waals surface area contributed by atoms with Gasteiger partial charge in [-0.2, -0.15) is 15.0 Å². The number of hydrogen-bond acceptors (Lipinski definition) is 5. The van der Waals surface area contributed by atoms with Gasteiger partial charge >= 0.3 is 0 Å². The van der Waals surface area contributed by atoms with E-state index >= 15 is 0 Å². The molecule has 0 atom stereocenters. The van der Waals surface area contributed by atoms with Gasteiger partial charge in [0.2, 0.25) is 17.8 Å². The van der Waals surface area contributed by atoms with Crippen molar-refractivity contribution in [3.63, 3.8) is 0 Å². The van der Waals surface area contributed by atoms with Crippen molar-refractivity contribution in [3.8, 4) is 34.7 Å². The molecule has 18 aromatic rings. The average Bonchev–Trinajstić information content (AvgIpc) is 4.52. The Morgan fingerprint density at radius 1 is 0.218 bits per heavy atom. The zero-order valence-corrected chi connectivity index (χ0v) is 41.5. The summed E-state index contributed by atoms with van der Waals surface area (Å²) in [6.45, 7) is 0. The number of benzene rings is 11. The normalized spacial score (nSPS) is 12.4. The summed E-state index contributed by atoms with van der Waals surface area (Å²) < 4.78 is 22.1. The zero-order chi connectivity index (χ0) is 50.7. The van der Waals surface area contributed by atoms with Crippen LogP contribution in [-0.4, -0.2) is 33.2 Å². The van der Waals surface area contributed by atoms with Gasteiger partial charge in [0.1, 0.15) is 22.3 Å². The summed E-state index contributed by atoms with van der Waals surface area (Å²) >= 11 is 0. The maximum absolute atomic E-state index is 6.58. The zero-order valence-electron chi connectivity index (χ0n) is 41.5. The number of fused-ring (bicyclic) bond motifs is 18. The minimum absolute atomic E-state index is 0.470. The van der Waals surface area contributed by atoms with Gasteiger partial charge in [-0.15, -0.1) is 0 Å². The van der Waals surface area contributed by atoms with Crippen LogP contribution in [0.25, 0.3) is 166 Å². The van der Waals surface area contributed by atoms with Crippen LogP contribution in [0.1, 0.15) is 0 Å². The maximum Gasteiger partial charge on any atom is 0.241 e. The summed E-state index contributed by atoms with van der Waals surface area (Å²) in [7, 11) is 0. The van der Waals surface area contributed by atoms with Crippen molar-refractivity contribution in [3.05, 3.63) is 237 Å². The van der Waals surface area contributed by atoms with Crippen molar-refractivity contribution in [1.82, 2.24) is 33.2 Å². The predicted octanol–water partition coefficient (Wildman–Crippen LogP) is 17.7. The van der Waals surface area contributed by atoms with Crippen LogP contribution in [0, 0.1) is 0 Å². The van der Waals surface area contributed by atoms with E-state index in [4.69, 9.17) is 23.8 Å². The molecule has 18 rings (SSSR count). The number of aromatic nitrogens is 7. The summed E-state index contributed by atoms with van der Waals surface area (Å²) in [6.07, 6.45) is 0. The SMILES string of the molecule is c1ccc(-n2c3ccccc3c3cc(-c4ccc5c(c4)c4ccccc4n5-c4nc(-n5c6ccccc6c6cc7c(cc65)oc5ccccc57)nc(-n5c6ccccc6c6cc7c(cc65)oc5ccccc57)n4)ccc32)cc1. The van der Waals surface area contributed by atoms with Crippen molar-refractivity contribution < 1.29 is 8.83 Å². The van der Waals surface area contributed by atoms with E-state index in [2.05, 4.69) is 231 Å². The number of nitrogens with zero attached hydrogens (tertiary/aromatic N) is 7. The number of rotatable bonds is 5. The molecule has 362 valence electrons. The Balaban J connectivity index is 0.908. The third kappa shape index (κ3) is 5.70. The van der Waals surface area contributed by atoms with E-state index in [1.54, 1.807) is 0 Å². The fraction of sp³-hybridized carbons (Fsp3) is 0. The van der Waals surface area contributed by atoms with Crippen molar-refractivity contribution in [2.24, 2.45) is 0 Å². The molecule has 0 saturated carbocycles. The van der Waals surface area contributed by atoms with Crippen molar-refractivity contribution in [2.75, 3.05) is 0 Å². The summed E-state index contributed by atoms with van der Waals surface area (Å²) in [5.74, 6) is 1.42. The Hall–Kier alpha value is -10.8. The second-order valence-corrected chi connectivity index (χ2v) is 20.4. The summed E-state index contributed by atoms with van der Waals surface area (Å²) in [6, 6.07) is 83.8. The van der Waals surface area contributed by atoms with Crippen molar-refractivity contribution in [1.29, 1.82) is 0 Å². The molecule has 0 bridgehead atoms. The summed E-state index contributed by atoms with van der Waals surface area (Å²) in [4.78, 5) is 16.8. The molecule has 9 heteroatoms. The summed E-state index contributed by atoms with van der Waals surface area (Å²) in [5, 5.41) is 13.2. The van der Waals surface area contributed by atoms with Gasteiger partial charge in [0.25, 0.3) is 0 Å². The number of hydrogen-bond donors (Lipinski definition) is 0. The first-order valence-electron chi connectivity index (χ1n) is 26.3. The van der Waals surface area contributed by atoms with E-state index in [0.717, 1.165) is 126 Å². The third-order valence-corrected chi connectivity index (χ3v) is 16.2. The van der Waals surface area contributed by atoms with Crippen LogP contribution in [0.4, 0.5) is 0 Å². The molecule has 78 heavy (non-hydrogen) atoms. The molecule has 0 spiro atoms. The van der Waals surface area contributed by atoms with Gasteiger partial charge in [-0.3, -0.25) is 13.7 Å². The van der Waals surface area contributed by atoms with Crippen LogP contribution in [-0.2, 0) is 0 Å². The fourth-order valence-corrected chi connectivity index (χ4v) is 12.8. The second kappa shape index (κ2) is 15.4. The monoisotopic (exact) mass is 997 g/mol. The van der Waals surface area contributed by atoms with E-state index in [9.17, 15) is 0 Å². The van der Waals surface area contributed by atoms with Gasteiger partial charge in [-0.1, -0.05) is 140 Å². The lowest BCUT2D eigenvalue weighted by atomic mass is 10.0. The largest absolute Gasteiger partial charge is 0.456 e. The van der Waals surface area contributed by atoms with Gasteiger partial charge in [0, 0.05) is 82.5 Å². The molecule has 0 aliphatic heterocycles.